The quantitative estimate of drug-likeness (QED) is 0.858. The fraction of sp³-hybridized carbons (Fsp3) is 0.833. The van der Waals surface area contributed by atoms with Crippen molar-refractivity contribution in [2.45, 2.75) is 52.5 Å². The summed E-state index contributed by atoms with van der Waals surface area (Å²) in [7, 11) is 0. The van der Waals surface area contributed by atoms with Gasteiger partial charge in [-0.1, -0.05) is 32.1 Å². The van der Waals surface area contributed by atoms with Gasteiger partial charge < -0.3 is 5.32 Å². The van der Waals surface area contributed by atoms with E-state index in [2.05, 4.69) is 43.2 Å². The van der Waals surface area contributed by atoms with Crippen LogP contribution in [0.2, 0.25) is 0 Å². The Hall–Kier alpha value is -0.480. The third kappa shape index (κ3) is 2.43. The van der Waals surface area contributed by atoms with E-state index in [1.165, 1.54) is 11.4 Å². The molecule has 0 aromatic carbocycles. The van der Waals surface area contributed by atoms with Crippen molar-refractivity contribution in [3.8, 4) is 0 Å². The smallest absolute Gasteiger partial charge is 0.134 e. The average Bonchev–Trinajstić information content (AvgIpc) is 2.67. The molecule has 0 saturated heterocycles. The Labute approximate surface area is 102 Å². The van der Waals surface area contributed by atoms with E-state index in [1.807, 2.05) is 0 Å². The zero-order chi connectivity index (χ0) is 11.8. The largest absolute Gasteiger partial charge is 0.308 e. The molecule has 3 nitrogen and oxygen atoms in total. The van der Waals surface area contributed by atoms with Gasteiger partial charge in [0.25, 0.3) is 0 Å². The molecule has 2 unspecified atom stereocenters. The number of hydrogen-bond acceptors (Lipinski definition) is 4. The molecule has 16 heavy (non-hydrogen) atoms. The van der Waals surface area contributed by atoms with Crippen LogP contribution >= 0.6 is 11.3 Å². The highest BCUT2D eigenvalue weighted by Crippen LogP contribution is 2.59. The summed E-state index contributed by atoms with van der Waals surface area (Å²) in [5.74, 6) is 0.650. The zero-order valence-corrected chi connectivity index (χ0v) is 11.4. The van der Waals surface area contributed by atoms with Crippen LogP contribution < -0.4 is 5.32 Å². The lowest BCUT2D eigenvalue weighted by Crippen LogP contribution is -2.18. The summed E-state index contributed by atoms with van der Waals surface area (Å²) in [4.78, 5) is 0. The second kappa shape index (κ2) is 4.41. The monoisotopic (exact) mass is 239 g/mol. The molecule has 0 radical (unpaired) electrons. The molecule has 0 aliphatic heterocycles. The van der Waals surface area contributed by atoms with Crippen LogP contribution in [0, 0.1) is 5.41 Å². The summed E-state index contributed by atoms with van der Waals surface area (Å²) in [5, 5.41) is 14.4. The molecule has 2 atom stereocenters. The van der Waals surface area contributed by atoms with Crippen molar-refractivity contribution in [1.82, 2.24) is 15.5 Å². The van der Waals surface area contributed by atoms with Crippen LogP contribution in [-0.4, -0.2) is 16.7 Å². The summed E-state index contributed by atoms with van der Waals surface area (Å²) in [6.45, 7) is 10.00. The number of rotatable bonds is 5. The van der Waals surface area contributed by atoms with Gasteiger partial charge >= 0.3 is 0 Å². The number of nitrogens with zero attached hydrogens (tertiary/aromatic N) is 2. The van der Waals surface area contributed by atoms with Crippen molar-refractivity contribution in [3.63, 3.8) is 0 Å². The molecule has 1 aromatic heterocycles. The molecule has 90 valence electrons. The van der Waals surface area contributed by atoms with Crippen LogP contribution in [0.15, 0.2) is 0 Å². The van der Waals surface area contributed by atoms with Gasteiger partial charge in [0.2, 0.25) is 0 Å². The fourth-order valence-corrected chi connectivity index (χ4v) is 3.08. The highest BCUT2D eigenvalue weighted by atomic mass is 32.1. The zero-order valence-electron chi connectivity index (χ0n) is 10.6. The molecular weight excluding hydrogens is 218 g/mol. The topological polar surface area (TPSA) is 37.8 Å². The van der Waals surface area contributed by atoms with Gasteiger partial charge in [-0.3, -0.25) is 0 Å². The molecule has 0 spiro atoms. The lowest BCUT2D eigenvalue weighted by molar-refractivity contribution is 0.563. The van der Waals surface area contributed by atoms with E-state index in [9.17, 15) is 0 Å². The van der Waals surface area contributed by atoms with E-state index < -0.39 is 0 Å². The van der Waals surface area contributed by atoms with Crippen LogP contribution in [0.5, 0.6) is 0 Å². The molecule has 1 aromatic rings. The number of nitrogens with one attached hydrogen (secondary N) is 1. The summed E-state index contributed by atoms with van der Waals surface area (Å²) >= 11 is 1.78. The fourth-order valence-electron chi connectivity index (χ4n) is 1.90. The number of hydrogen-bond donors (Lipinski definition) is 1. The Morgan fingerprint density at radius 2 is 2.19 bits per heavy atom. The second-order valence-corrected chi connectivity index (χ2v) is 6.44. The molecule has 2 rings (SSSR count). The Balaban J connectivity index is 1.97. The van der Waals surface area contributed by atoms with Crippen molar-refractivity contribution in [3.05, 3.63) is 10.0 Å². The van der Waals surface area contributed by atoms with Gasteiger partial charge in [0.1, 0.15) is 10.0 Å². The molecule has 1 N–H and O–H groups in total. The van der Waals surface area contributed by atoms with Crippen molar-refractivity contribution in [2.24, 2.45) is 5.41 Å². The van der Waals surface area contributed by atoms with Crippen molar-refractivity contribution < 1.29 is 0 Å². The minimum Gasteiger partial charge on any atom is -0.308 e. The Morgan fingerprint density at radius 1 is 1.50 bits per heavy atom. The highest BCUT2D eigenvalue weighted by Gasteiger charge is 2.48. The van der Waals surface area contributed by atoms with Crippen molar-refractivity contribution in [1.29, 1.82) is 0 Å². The lowest BCUT2D eigenvalue weighted by atomic mass is 10.1. The van der Waals surface area contributed by atoms with Crippen LogP contribution in [0.4, 0.5) is 0 Å². The van der Waals surface area contributed by atoms with E-state index >= 15 is 0 Å². The SMILES string of the molecule is CCCNC(C)c1nnc(C2CC2(C)C)s1. The minimum atomic E-state index is 0.341. The van der Waals surface area contributed by atoms with E-state index in [1.54, 1.807) is 11.3 Å². The Kier molecular flexibility index (Phi) is 3.31. The van der Waals surface area contributed by atoms with E-state index in [0.29, 0.717) is 17.4 Å². The summed E-state index contributed by atoms with van der Waals surface area (Å²) in [6, 6.07) is 0.341. The van der Waals surface area contributed by atoms with Gasteiger partial charge in [0, 0.05) is 5.92 Å². The molecule has 1 saturated carbocycles. The predicted octanol–water partition coefficient (Wildman–Crippen LogP) is 3.11. The lowest BCUT2D eigenvalue weighted by Gasteiger charge is -2.08. The summed E-state index contributed by atoms with van der Waals surface area (Å²) < 4.78 is 0. The molecular formula is C12H21N3S. The van der Waals surface area contributed by atoms with Gasteiger partial charge in [-0.05, 0) is 31.7 Å². The minimum absolute atomic E-state index is 0.341. The summed E-state index contributed by atoms with van der Waals surface area (Å²) in [5.41, 5.74) is 0.455. The van der Waals surface area contributed by atoms with E-state index in [0.717, 1.165) is 18.0 Å². The standard InChI is InChI=1S/C12H21N3S/c1-5-6-13-8(2)10-14-15-11(16-10)9-7-12(9,3)4/h8-9,13H,5-7H2,1-4H3. The highest BCUT2D eigenvalue weighted by molar-refractivity contribution is 7.11. The first-order chi connectivity index (χ1) is 7.54. The third-order valence-corrected chi connectivity index (χ3v) is 4.56. The summed E-state index contributed by atoms with van der Waals surface area (Å²) in [6.07, 6.45) is 2.42. The van der Waals surface area contributed by atoms with Crippen LogP contribution in [0.1, 0.15) is 62.5 Å². The predicted molar refractivity (Wildman–Crippen MR) is 67.8 cm³/mol. The average molecular weight is 239 g/mol. The maximum absolute atomic E-state index is 4.33. The van der Waals surface area contributed by atoms with Gasteiger partial charge in [-0.2, -0.15) is 0 Å². The first-order valence-electron chi connectivity index (χ1n) is 6.11. The van der Waals surface area contributed by atoms with Gasteiger partial charge in [-0.25, -0.2) is 0 Å². The third-order valence-electron chi connectivity index (χ3n) is 3.34. The van der Waals surface area contributed by atoms with Gasteiger partial charge in [-0.15, -0.1) is 10.2 Å². The maximum atomic E-state index is 4.33. The first-order valence-corrected chi connectivity index (χ1v) is 6.93. The second-order valence-electron chi connectivity index (χ2n) is 5.40. The van der Waals surface area contributed by atoms with E-state index in [4.69, 9.17) is 0 Å². The molecule has 1 fully saturated rings. The first kappa shape index (κ1) is 12.0. The molecule has 1 heterocycles. The molecule has 4 heteroatoms. The molecule has 1 aliphatic rings. The van der Waals surface area contributed by atoms with Crippen molar-refractivity contribution >= 4 is 11.3 Å². The van der Waals surface area contributed by atoms with Gasteiger partial charge in [0.15, 0.2) is 0 Å². The maximum Gasteiger partial charge on any atom is 0.134 e. The molecule has 1 aliphatic carbocycles. The van der Waals surface area contributed by atoms with Crippen LogP contribution in [0.3, 0.4) is 0 Å². The van der Waals surface area contributed by atoms with Crippen LogP contribution in [-0.2, 0) is 0 Å². The number of aromatic nitrogens is 2. The van der Waals surface area contributed by atoms with Crippen LogP contribution in [0.25, 0.3) is 0 Å². The Morgan fingerprint density at radius 3 is 2.75 bits per heavy atom. The molecule has 0 bridgehead atoms. The van der Waals surface area contributed by atoms with E-state index in [-0.39, 0.29) is 0 Å². The Bertz CT molecular complexity index is 359. The molecule has 0 amide bonds. The van der Waals surface area contributed by atoms with Gasteiger partial charge in [0.05, 0.1) is 6.04 Å². The normalized spacial score (nSPS) is 24.4. The van der Waals surface area contributed by atoms with Crippen molar-refractivity contribution in [2.75, 3.05) is 6.54 Å².